The van der Waals surface area contributed by atoms with Crippen molar-refractivity contribution in [3.63, 3.8) is 0 Å². The summed E-state index contributed by atoms with van der Waals surface area (Å²) >= 11 is 0. The third kappa shape index (κ3) is 7.30. The Bertz CT molecular complexity index is 273. The summed E-state index contributed by atoms with van der Waals surface area (Å²) in [5, 5.41) is 0. The van der Waals surface area contributed by atoms with Gasteiger partial charge in [0.15, 0.2) is 0 Å². The second-order valence-corrected chi connectivity index (χ2v) is 4.77. The Labute approximate surface area is 114 Å². The molecule has 1 aliphatic heterocycles. The van der Waals surface area contributed by atoms with Crippen LogP contribution in [0, 0.1) is 0 Å². The lowest BCUT2D eigenvalue weighted by Gasteiger charge is -2.18. The van der Waals surface area contributed by atoms with Crippen molar-refractivity contribution < 1.29 is 23.7 Å². The smallest absolute Gasteiger partial charge is 0.330 e. The quantitative estimate of drug-likeness (QED) is 0.472. The van der Waals surface area contributed by atoms with Gasteiger partial charge in [0.1, 0.15) is 6.10 Å². The van der Waals surface area contributed by atoms with Crippen LogP contribution in [0.15, 0.2) is 12.7 Å². The third-order valence-corrected chi connectivity index (χ3v) is 2.78. The van der Waals surface area contributed by atoms with Crippen LogP contribution in [-0.4, -0.2) is 50.7 Å². The molecule has 1 rings (SSSR count). The van der Waals surface area contributed by atoms with Crippen molar-refractivity contribution in [2.24, 2.45) is 0 Å². The fourth-order valence-electron chi connectivity index (χ4n) is 1.77. The molecule has 1 aliphatic rings. The molecule has 0 radical (unpaired) electrons. The molecule has 0 saturated carbocycles. The minimum absolute atomic E-state index is 0.0358. The van der Waals surface area contributed by atoms with Crippen LogP contribution in [-0.2, 0) is 23.7 Å². The number of carbonyl (C=O) groups is 1. The average Bonchev–Trinajstić information content (AvgIpc) is 2.89. The van der Waals surface area contributed by atoms with Crippen molar-refractivity contribution in [2.75, 3.05) is 26.4 Å². The van der Waals surface area contributed by atoms with Crippen LogP contribution in [0.4, 0.5) is 0 Å². The van der Waals surface area contributed by atoms with E-state index in [1.54, 1.807) is 6.92 Å². The molecule has 0 amide bonds. The molecule has 0 aromatic heterocycles. The summed E-state index contributed by atoms with van der Waals surface area (Å²) in [6.45, 7) is 9.37. The Kier molecular flexibility index (Phi) is 7.70. The molecule has 3 atom stereocenters. The van der Waals surface area contributed by atoms with Gasteiger partial charge in [0.2, 0.25) is 0 Å². The first-order chi connectivity index (χ1) is 9.11. The van der Waals surface area contributed by atoms with E-state index in [2.05, 4.69) is 6.58 Å². The topological polar surface area (TPSA) is 54.0 Å². The number of hydrogen-bond acceptors (Lipinski definition) is 5. The lowest BCUT2D eigenvalue weighted by atomic mass is 10.2. The van der Waals surface area contributed by atoms with E-state index in [1.165, 1.54) is 0 Å². The van der Waals surface area contributed by atoms with Gasteiger partial charge in [0.25, 0.3) is 0 Å². The van der Waals surface area contributed by atoms with Crippen molar-refractivity contribution in [3.8, 4) is 0 Å². The summed E-state index contributed by atoms with van der Waals surface area (Å²) in [7, 11) is 0. The summed E-state index contributed by atoms with van der Waals surface area (Å²) in [5.41, 5.74) is 0. The van der Waals surface area contributed by atoms with Gasteiger partial charge in [-0.2, -0.15) is 0 Å². The van der Waals surface area contributed by atoms with Crippen molar-refractivity contribution in [3.05, 3.63) is 12.7 Å². The lowest BCUT2D eigenvalue weighted by Crippen LogP contribution is -2.26. The van der Waals surface area contributed by atoms with Gasteiger partial charge < -0.3 is 18.9 Å². The molecular weight excluding hydrogens is 248 g/mol. The molecule has 0 aromatic carbocycles. The number of hydrogen-bond donors (Lipinski definition) is 0. The summed E-state index contributed by atoms with van der Waals surface area (Å²) in [6.07, 6.45) is 3.25. The number of ether oxygens (including phenoxy) is 4. The molecule has 1 heterocycles. The molecule has 110 valence electrons. The molecule has 5 heteroatoms. The Morgan fingerprint density at radius 3 is 2.84 bits per heavy atom. The highest BCUT2D eigenvalue weighted by Gasteiger charge is 2.16. The monoisotopic (exact) mass is 272 g/mol. The van der Waals surface area contributed by atoms with Gasteiger partial charge >= 0.3 is 5.97 Å². The zero-order valence-electron chi connectivity index (χ0n) is 11.8. The van der Waals surface area contributed by atoms with E-state index in [1.807, 2.05) is 6.92 Å². The van der Waals surface area contributed by atoms with Crippen molar-refractivity contribution in [2.45, 2.75) is 45.0 Å². The molecule has 1 saturated heterocycles. The van der Waals surface area contributed by atoms with Crippen LogP contribution in [0.5, 0.6) is 0 Å². The van der Waals surface area contributed by atoms with Gasteiger partial charge in [-0.3, -0.25) is 0 Å². The largest absolute Gasteiger partial charge is 0.457 e. The number of esters is 1. The zero-order chi connectivity index (χ0) is 14.1. The van der Waals surface area contributed by atoms with Crippen LogP contribution in [0.2, 0.25) is 0 Å². The minimum atomic E-state index is -0.432. The Balaban J connectivity index is 2.01. The Hall–Kier alpha value is -0.910. The van der Waals surface area contributed by atoms with E-state index in [4.69, 9.17) is 18.9 Å². The normalized spacial score (nSPS) is 21.9. The molecule has 0 N–H and O–H groups in total. The molecule has 0 spiro atoms. The van der Waals surface area contributed by atoms with Crippen molar-refractivity contribution >= 4 is 5.97 Å². The average molecular weight is 272 g/mol. The third-order valence-electron chi connectivity index (χ3n) is 2.78. The fourth-order valence-corrected chi connectivity index (χ4v) is 1.77. The van der Waals surface area contributed by atoms with E-state index in [0.29, 0.717) is 19.8 Å². The molecule has 1 fully saturated rings. The highest BCUT2D eigenvalue weighted by Crippen LogP contribution is 2.12. The maximum Gasteiger partial charge on any atom is 0.330 e. The van der Waals surface area contributed by atoms with E-state index >= 15 is 0 Å². The van der Waals surface area contributed by atoms with Gasteiger partial charge in [-0.15, -0.1) is 0 Å². The highest BCUT2D eigenvalue weighted by molar-refractivity contribution is 5.81. The van der Waals surface area contributed by atoms with E-state index < -0.39 is 5.97 Å². The first-order valence-electron chi connectivity index (χ1n) is 6.75. The molecule has 19 heavy (non-hydrogen) atoms. The Morgan fingerprint density at radius 2 is 2.21 bits per heavy atom. The molecule has 5 nitrogen and oxygen atoms in total. The second kappa shape index (κ2) is 9.07. The number of carbonyl (C=O) groups excluding carboxylic acids is 1. The summed E-state index contributed by atoms with van der Waals surface area (Å²) in [6, 6.07) is 0. The molecule has 0 aromatic rings. The van der Waals surface area contributed by atoms with Gasteiger partial charge in [-0.25, -0.2) is 4.79 Å². The van der Waals surface area contributed by atoms with Crippen molar-refractivity contribution in [1.29, 1.82) is 0 Å². The molecule has 0 bridgehead atoms. The number of rotatable bonds is 9. The predicted molar refractivity (Wildman–Crippen MR) is 71.0 cm³/mol. The minimum Gasteiger partial charge on any atom is -0.457 e. The van der Waals surface area contributed by atoms with Gasteiger partial charge in [-0.1, -0.05) is 6.58 Å². The van der Waals surface area contributed by atoms with Crippen LogP contribution < -0.4 is 0 Å². The van der Waals surface area contributed by atoms with Crippen LogP contribution in [0.1, 0.15) is 26.7 Å². The van der Waals surface area contributed by atoms with Crippen molar-refractivity contribution in [1.82, 2.24) is 0 Å². The molecule has 3 unspecified atom stereocenters. The van der Waals surface area contributed by atoms with Gasteiger partial charge in [0, 0.05) is 12.7 Å². The van der Waals surface area contributed by atoms with E-state index in [-0.39, 0.29) is 18.3 Å². The maximum absolute atomic E-state index is 11.0. The SMILES string of the molecule is C=CC(=O)OC(C)COC(C)COCC1CCCO1. The van der Waals surface area contributed by atoms with Crippen LogP contribution in [0.25, 0.3) is 0 Å². The van der Waals surface area contributed by atoms with Gasteiger partial charge in [-0.05, 0) is 26.7 Å². The van der Waals surface area contributed by atoms with Crippen LogP contribution in [0.3, 0.4) is 0 Å². The maximum atomic E-state index is 11.0. The Morgan fingerprint density at radius 1 is 1.42 bits per heavy atom. The molecular formula is C14H24O5. The van der Waals surface area contributed by atoms with Crippen LogP contribution >= 0.6 is 0 Å². The van der Waals surface area contributed by atoms with E-state index in [0.717, 1.165) is 25.5 Å². The first-order valence-corrected chi connectivity index (χ1v) is 6.75. The summed E-state index contributed by atoms with van der Waals surface area (Å²) in [5.74, 6) is -0.432. The fraction of sp³-hybridized carbons (Fsp3) is 0.786. The standard InChI is InChI=1S/C14H24O5/c1-4-14(15)19-12(3)9-18-11(2)8-16-10-13-6-5-7-17-13/h4,11-13H,1,5-10H2,2-3H3. The molecule has 0 aliphatic carbocycles. The zero-order valence-corrected chi connectivity index (χ0v) is 11.8. The summed E-state index contributed by atoms with van der Waals surface area (Å²) in [4.78, 5) is 11.0. The predicted octanol–water partition coefficient (Wildman–Crippen LogP) is 1.70. The first kappa shape index (κ1) is 16.1. The second-order valence-electron chi connectivity index (χ2n) is 4.77. The summed E-state index contributed by atoms with van der Waals surface area (Å²) < 4.78 is 21.5. The lowest BCUT2D eigenvalue weighted by molar-refractivity contribution is -0.146. The highest BCUT2D eigenvalue weighted by atomic mass is 16.6. The van der Waals surface area contributed by atoms with E-state index in [9.17, 15) is 4.79 Å². The van der Waals surface area contributed by atoms with Gasteiger partial charge in [0.05, 0.1) is 32.0 Å².